The Hall–Kier alpha value is -3.59. The highest BCUT2D eigenvalue weighted by atomic mass is 16.4. The Morgan fingerprint density at radius 2 is 1.55 bits per heavy atom. The van der Waals surface area contributed by atoms with E-state index in [1.54, 1.807) is 4.90 Å². The molecule has 0 aromatic heterocycles. The van der Waals surface area contributed by atoms with Gasteiger partial charge in [0.1, 0.15) is 11.6 Å². The summed E-state index contributed by atoms with van der Waals surface area (Å²) in [5, 5.41) is 21.8. The van der Waals surface area contributed by atoms with Crippen LogP contribution in [0.2, 0.25) is 0 Å². The lowest BCUT2D eigenvalue weighted by atomic mass is 9.96. The Morgan fingerprint density at radius 3 is 2.00 bits per heavy atom. The average Bonchev–Trinajstić information content (AvgIpc) is 2.77. The zero-order valence-electron chi connectivity index (χ0n) is 16.0. The standard InChI is InChI=1S/C23H23N3O3/c24-15-20(22(27)26-13-11-19(12-14-26)23(28)29)16-25-21(17-7-3-1-4-8-17)18-9-5-2-6-10-18/h1-10,16,19,21,25H,11-14H2,(H,28,29)/b20-16-. The minimum Gasteiger partial charge on any atom is -0.481 e. The first-order valence-corrected chi connectivity index (χ1v) is 9.58. The molecule has 1 amide bonds. The van der Waals surface area contributed by atoms with Crippen LogP contribution in [0.1, 0.15) is 30.0 Å². The number of carbonyl (C=O) groups excluding carboxylic acids is 1. The first-order valence-electron chi connectivity index (χ1n) is 9.58. The van der Waals surface area contributed by atoms with E-state index in [1.165, 1.54) is 6.20 Å². The molecule has 6 heteroatoms. The number of carboxylic acid groups (broad SMARTS) is 1. The third kappa shape index (κ3) is 5.02. The smallest absolute Gasteiger partial charge is 0.306 e. The number of carbonyl (C=O) groups is 2. The molecule has 2 aromatic rings. The highest BCUT2D eigenvalue weighted by Gasteiger charge is 2.28. The molecular formula is C23H23N3O3. The minimum absolute atomic E-state index is 0.00985. The fourth-order valence-electron chi connectivity index (χ4n) is 3.48. The van der Waals surface area contributed by atoms with Gasteiger partial charge in [0.25, 0.3) is 5.91 Å². The van der Waals surface area contributed by atoms with E-state index in [0.717, 1.165) is 11.1 Å². The van der Waals surface area contributed by atoms with Crippen molar-refractivity contribution in [3.05, 3.63) is 83.6 Å². The summed E-state index contributed by atoms with van der Waals surface area (Å²) in [5.41, 5.74) is 2.04. The van der Waals surface area contributed by atoms with Crippen molar-refractivity contribution < 1.29 is 14.7 Å². The SMILES string of the molecule is N#C/C(=C/NC(c1ccccc1)c1ccccc1)C(=O)N1CCC(C(=O)O)CC1. The number of nitrogens with zero attached hydrogens (tertiary/aromatic N) is 2. The van der Waals surface area contributed by atoms with Crippen LogP contribution in [0.3, 0.4) is 0 Å². The van der Waals surface area contributed by atoms with Gasteiger partial charge in [-0.15, -0.1) is 0 Å². The van der Waals surface area contributed by atoms with Crippen LogP contribution in [-0.2, 0) is 9.59 Å². The van der Waals surface area contributed by atoms with Crippen LogP contribution in [0, 0.1) is 17.2 Å². The molecule has 6 nitrogen and oxygen atoms in total. The summed E-state index contributed by atoms with van der Waals surface area (Å²) in [5.74, 6) is -1.63. The van der Waals surface area contributed by atoms with Crippen LogP contribution in [0.5, 0.6) is 0 Å². The predicted molar refractivity (Wildman–Crippen MR) is 108 cm³/mol. The number of nitriles is 1. The molecule has 29 heavy (non-hydrogen) atoms. The number of likely N-dealkylation sites (tertiary alicyclic amines) is 1. The molecule has 1 heterocycles. The molecule has 0 bridgehead atoms. The Morgan fingerprint density at radius 1 is 1.03 bits per heavy atom. The summed E-state index contributed by atoms with van der Waals surface area (Å²) in [6.07, 6.45) is 2.28. The van der Waals surface area contributed by atoms with E-state index >= 15 is 0 Å². The number of aliphatic carboxylic acids is 1. The number of piperidine rings is 1. The van der Waals surface area contributed by atoms with Crippen molar-refractivity contribution in [3.63, 3.8) is 0 Å². The third-order valence-corrected chi connectivity index (χ3v) is 5.14. The fourth-order valence-corrected chi connectivity index (χ4v) is 3.48. The van der Waals surface area contributed by atoms with Crippen molar-refractivity contribution in [2.75, 3.05) is 13.1 Å². The van der Waals surface area contributed by atoms with E-state index in [2.05, 4.69) is 5.32 Å². The molecule has 0 atom stereocenters. The van der Waals surface area contributed by atoms with E-state index in [-0.39, 0.29) is 17.5 Å². The monoisotopic (exact) mass is 389 g/mol. The maximum atomic E-state index is 12.7. The minimum atomic E-state index is -0.830. The van der Waals surface area contributed by atoms with Crippen LogP contribution >= 0.6 is 0 Å². The maximum Gasteiger partial charge on any atom is 0.306 e. The lowest BCUT2D eigenvalue weighted by Gasteiger charge is -2.30. The van der Waals surface area contributed by atoms with Crippen LogP contribution in [0.15, 0.2) is 72.4 Å². The van der Waals surface area contributed by atoms with Crippen molar-refractivity contribution >= 4 is 11.9 Å². The Balaban J connectivity index is 1.76. The third-order valence-electron chi connectivity index (χ3n) is 5.14. The van der Waals surface area contributed by atoms with Crippen molar-refractivity contribution in [3.8, 4) is 6.07 Å². The van der Waals surface area contributed by atoms with E-state index in [1.807, 2.05) is 66.7 Å². The number of amides is 1. The van der Waals surface area contributed by atoms with Gasteiger partial charge in [0, 0.05) is 19.3 Å². The maximum absolute atomic E-state index is 12.7. The zero-order chi connectivity index (χ0) is 20.6. The van der Waals surface area contributed by atoms with Gasteiger partial charge in [-0.3, -0.25) is 9.59 Å². The highest BCUT2D eigenvalue weighted by molar-refractivity contribution is 5.97. The average molecular weight is 389 g/mol. The molecule has 0 spiro atoms. The lowest BCUT2D eigenvalue weighted by molar-refractivity contribution is -0.145. The van der Waals surface area contributed by atoms with Gasteiger partial charge in [0.2, 0.25) is 0 Å². The van der Waals surface area contributed by atoms with E-state index in [9.17, 15) is 14.9 Å². The first kappa shape index (κ1) is 20.2. The predicted octanol–water partition coefficient (Wildman–Crippen LogP) is 3.10. The van der Waals surface area contributed by atoms with Crippen LogP contribution in [0.4, 0.5) is 0 Å². The molecule has 3 rings (SSSR count). The van der Waals surface area contributed by atoms with Gasteiger partial charge in [0.05, 0.1) is 12.0 Å². The summed E-state index contributed by atoms with van der Waals surface area (Å²) in [4.78, 5) is 25.4. The van der Waals surface area contributed by atoms with Gasteiger partial charge in [-0.1, -0.05) is 60.7 Å². The molecule has 1 fully saturated rings. The molecule has 0 saturated carbocycles. The number of hydrogen-bond acceptors (Lipinski definition) is 4. The van der Waals surface area contributed by atoms with Gasteiger partial charge >= 0.3 is 5.97 Å². The quantitative estimate of drug-likeness (QED) is 0.585. The van der Waals surface area contributed by atoms with Crippen molar-refractivity contribution in [2.24, 2.45) is 5.92 Å². The molecule has 2 N–H and O–H groups in total. The number of hydrogen-bond donors (Lipinski definition) is 2. The molecule has 0 unspecified atom stereocenters. The van der Waals surface area contributed by atoms with Crippen LogP contribution in [0.25, 0.3) is 0 Å². The number of benzene rings is 2. The Kier molecular flexibility index (Phi) is 6.64. The van der Waals surface area contributed by atoms with Gasteiger partial charge in [-0.05, 0) is 24.0 Å². The molecule has 1 saturated heterocycles. The molecule has 2 aromatic carbocycles. The number of rotatable bonds is 6. The molecule has 148 valence electrons. The Labute approximate surface area is 170 Å². The molecule has 0 aliphatic carbocycles. The normalized spacial score (nSPS) is 15.0. The zero-order valence-corrected chi connectivity index (χ0v) is 16.0. The number of nitrogens with one attached hydrogen (secondary N) is 1. The van der Waals surface area contributed by atoms with Crippen molar-refractivity contribution in [1.82, 2.24) is 10.2 Å². The second-order valence-electron chi connectivity index (χ2n) is 7.00. The molecular weight excluding hydrogens is 366 g/mol. The topological polar surface area (TPSA) is 93.4 Å². The second-order valence-corrected chi connectivity index (χ2v) is 7.00. The largest absolute Gasteiger partial charge is 0.481 e. The van der Waals surface area contributed by atoms with Gasteiger partial charge < -0.3 is 15.3 Å². The fraction of sp³-hybridized carbons (Fsp3) is 0.261. The first-order chi connectivity index (χ1) is 14.1. The summed E-state index contributed by atoms with van der Waals surface area (Å²) < 4.78 is 0. The summed E-state index contributed by atoms with van der Waals surface area (Å²) in [6.45, 7) is 0.686. The molecule has 1 aliphatic rings. The van der Waals surface area contributed by atoms with E-state index in [4.69, 9.17) is 5.11 Å². The lowest BCUT2D eigenvalue weighted by Crippen LogP contribution is -2.41. The second kappa shape index (κ2) is 9.56. The number of carboxylic acids is 1. The summed E-state index contributed by atoms with van der Waals surface area (Å²) in [7, 11) is 0. The Bertz CT molecular complexity index is 872. The summed E-state index contributed by atoms with van der Waals surface area (Å²) >= 11 is 0. The van der Waals surface area contributed by atoms with Gasteiger partial charge in [-0.25, -0.2) is 0 Å². The van der Waals surface area contributed by atoms with Gasteiger partial charge in [0.15, 0.2) is 0 Å². The van der Waals surface area contributed by atoms with Crippen molar-refractivity contribution in [1.29, 1.82) is 5.26 Å². The van der Waals surface area contributed by atoms with E-state index < -0.39 is 11.9 Å². The van der Waals surface area contributed by atoms with Crippen molar-refractivity contribution in [2.45, 2.75) is 18.9 Å². The molecule has 1 aliphatic heterocycles. The highest BCUT2D eigenvalue weighted by Crippen LogP contribution is 2.23. The van der Waals surface area contributed by atoms with Gasteiger partial charge in [-0.2, -0.15) is 5.26 Å². The van der Waals surface area contributed by atoms with Crippen LogP contribution in [-0.4, -0.2) is 35.0 Å². The molecule has 0 radical (unpaired) electrons. The van der Waals surface area contributed by atoms with Crippen LogP contribution < -0.4 is 5.32 Å². The van der Waals surface area contributed by atoms with E-state index in [0.29, 0.717) is 25.9 Å². The summed E-state index contributed by atoms with van der Waals surface area (Å²) in [6, 6.07) is 21.4.